The summed E-state index contributed by atoms with van der Waals surface area (Å²) in [5, 5.41) is 12.7. The Morgan fingerprint density at radius 3 is 2.65 bits per heavy atom. The molecule has 94 valence electrons. The van der Waals surface area contributed by atoms with E-state index in [4.69, 9.17) is 5.73 Å². The summed E-state index contributed by atoms with van der Waals surface area (Å²) >= 11 is 0. The fourth-order valence-electron chi connectivity index (χ4n) is 2.30. The van der Waals surface area contributed by atoms with Gasteiger partial charge in [0.05, 0.1) is 17.5 Å². The van der Waals surface area contributed by atoms with Crippen molar-refractivity contribution in [1.29, 1.82) is 0 Å². The maximum Gasteiger partial charge on any atom is 0.125 e. The predicted octanol–water partition coefficient (Wildman–Crippen LogP) is 2.37. The van der Waals surface area contributed by atoms with Crippen LogP contribution in [0.25, 0.3) is 0 Å². The lowest BCUT2D eigenvalue weighted by Gasteiger charge is -2.26. The van der Waals surface area contributed by atoms with Crippen LogP contribution in [0.2, 0.25) is 0 Å². The van der Waals surface area contributed by atoms with Gasteiger partial charge in [0.2, 0.25) is 0 Å². The first-order chi connectivity index (χ1) is 8.15. The molecule has 0 bridgehead atoms. The van der Waals surface area contributed by atoms with Crippen LogP contribution in [0.4, 0.5) is 15.8 Å². The van der Waals surface area contributed by atoms with Gasteiger partial charge < -0.3 is 16.2 Å². The SMILES string of the molecule is Nc1cc(F)ccc1NCC1CCC(O)CC1. The summed E-state index contributed by atoms with van der Waals surface area (Å²) < 4.78 is 12.8. The predicted molar refractivity (Wildman–Crippen MR) is 67.3 cm³/mol. The van der Waals surface area contributed by atoms with Crippen molar-refractivity contribution in [3.05, 3.63) is 24.0 Å². The molecule has 0 radical (unpaired) electrons. The maximum atomic E-state index is 12.8. The number of nitrogen functional groups attached to an aromatic ring is 1. The number of rotatable bonds is 3. The molecular formula is C13H19FN2O. The maximum absolute atomic E-state index is 12.8. The first-order valence-electron chi connectivity index (χ1n) is 6.12. The molecule has 0 atom stereocenters. The molecule has 3 nitrogen and oxygen atoms in total. The van der Waals surface area contributed by atoms with Gasteiger partial charge in [-0.15, -0.1) is 0 Å². The van der Waals surface area contributed by atoms with Gasteiger partial charge in [0.1, 0.15) is 5.82 Å². The van der Waals surface area contributed by atoms with E-state index in [0.717, 1.165) is 37.9 Å². The molecule has 1 aromatic rings. The Morgan fingerprint density at radius 2 is 2.00 bits per heavy atom. The highest BCUT2D eigenvalue weighted by Crippen LogP contribution is 2.26. The number of anilines is 2. The molecular weight excluding hydrogens is 219 g/mol. The van der Waals surface area contributed by atoms with Crippen LogP contribution in [-0.4, -0.2) is 17.8 Å². The summed E-state index contributed by atoms with van der Waals surface area (Å²) in [7, 11) is 0. The van der Waals surface area contributed by atoms with Crippen LogP contribution in [0.15, 0.2) is 18.2 Å². The van der Waals surface area contributed by atoms with Crippen LogP contribution in [-0.2, 0) is 0 Å². The number of hydrogen-bond donors (Lipinski definition) is 3. The van der Waals surface area contributed by atoms with Gasteiger partial charge in [-0.05, 0) is 49.8 Å². The first kappa shape index (κ1) is 12.2. The Bertz CT molecular complexity index is 376. The fraction of sp³-hybridized carbons (Fsp3) is 0.538. The molecule has 4 heteroatoms. The molecule has 17 heavy (non-hydrogen) atoms. The second kappa shape index (κ2) is 5.36. The highest BCUT2D eigenvalue weighted by molar-refractivity contribution is 5.65. The van der Waals surface area contributed by atoms with E-state index in [1.54, 1.807) is 6.07 Å². The standard InChI is InChI=1S/C13H19FN2O/c14-10-3-6-13(12(15)7-10)16-8-9-1-4-11(17)5-2-9/h3,6-7,9,11,16-17H,1-2,4-5,8,15H2. The van der Waals surface area contributed by atoms with Gasteiger partial charge in [0.25, 0.3) is 0 Å². The van der Waals surface area contributed by atoms with Gasteiger partial charge in [-0.2, -0.15) is 0 Å². The molecule has 0 aliphatic heterocycles. The Hall–Kier alpha value is -1.29. The van der Waals surface area contributed by atoms with E-state index in [0.29, 0.717) is 11.6 Å². The van der Waals surface area contributed by atoms with Crippen molar-refractivity contribution >= 4 is 11.4 Å². The van der Waals surface area contributed by atoms with Gasteiger partial charge in [-0.1, -0.05) is 0 Å². The van der Waals surface area contributed by atoms with E-state index in [-0.39, 0.29) is 11.9 Å². The van der Waals surface area contributed by atoms with Crippen LogP contribution in [0.1, 0.15) is 25.7 Å². The van der Waals surface area contributed by atoms with Crippen molar-refractivity contribution in [2.24, 2.45) is 5.92 Å². The lowest BCUT2D eigenvalue weighted by molar-refractivity contribution is 0.111. The van der Waals surface area contributed by atoms with E-state index in [9.17, 15) is 9.50 Å². The van der Waals surface area contributed by atoms with Gasteiger partial charge >= 0.3 is 0 Å². The molecule has 1 fully saturated rings. The van der Waals surface area contributed by atoms with Crippen molar-refractivity contribution in [2.75, 3.05) is 17.6 Å². The molecule has 2 rings (SSSR count). The van der Waals surface area contributed by atoms with Crippen molar-refractivity contribution in [2.45, 2.75) is 31.8 Å². The highest BCUT2D eigenvalue weighted by atomic mass is 19.1. The summed E-state index contributed by atoms with van der Waals surface area (Å²) in [4.78, 5) is 0. The molecule has 0 heterocycles. The number of halogens is 1. The molecule has 0 saturated heterocycles. The zero-order valence-electron chi connectivity index (χ0n) is 9.82. The summed E-state index contributed by atoms with van der Waals surface area (Å²) in [6, 6.07) is 4.40. The summed E-state index contributed by atoms with van der Waals surface area (Å²) in [5.41, 5.74) is 6.95. The summed E-state index contributed by atoms with van der Waals surface area (Å²) in [6.45, 7) is 0.836. The van der Waals surface area contributed by atoms with Crippen LogP contribution in [0.5, 0.6) is 0 Å². The first-order valence-corrected chi connectivity index (χ1v) is 6.12. The highest BCUT2D eigenvalue weighted by Gasteiger charge is 2.19. The van der Waals surface area contributed by atoms with Gasteiger partial charge in [-0.3, -0.25) is 0 Å². The quantitative estimate of drug-likeness (QED) is 0.708. The molecule has 0 unspecified atom stereocenters. The normalized spacial score (nSPS) is 24.6. The molecule has 1 aromatic carbocycles. The second-order valence-corrected chi connectivity index (χ2v) is 4.79. The molecule has 0 aromatic heterocycles. The van der Waals surface area contributed by atoms with E-state index in [1.165, 1.54) is 12.1 Å². The topological polar surface area (TPSA) is 58.3 Å². The Balaban J connectivity index is 1.85. The van der Waals surface area contributed by atoms with Crippen molar-refractivity contribution in [3.8, 4) is 0 Å². The van der Waals surface area contributed by atoms with Crippen LogP contribution in [0.3, 0.4) is 0 Å². The molecule has 1 aliphatic carbocycles. The summed E-state index contributed by atoms with van der Waals surface area (Å²) in [5.74, 6) is 0.261. The smallest absolute Gasteiger partial charge is 0.125 e. The summed E-state index contributed by atoms with van der Waals surface area (Å²) in [6.07, 6.45) is 3.71. The number of nitrogens with two attached hydrogens (primary N) is 1. The largest absolute Gasteiger partial charge is 0.397 e. The lowest BCUT2D eigenvalue weighted by Crippen LogP contribution is -2.23. The van der Waals surface area contributed by atoms with E-state index in [2.05, 4.69) is 5.32 Å². The number of nitrogens with one attached hydrogen (secondary N) is 1. The molecule has 4 N–H and O–H groups in total. The molecule has 0 spiro atoms. The second-order valence-electron chi connectivity index (χ2n) is 4.79. The minimum atomic E-state index is -0.311. The number of benzene rings is 1. The minimum Gasteiger partial charge on any atom is -0.397 e. The molecule has 1 aliphatic rings. The van der Waals surface area contributed by atoms with E-state index in [1.807, 2.05) is 0 Å². The van der Waals surface area contributed by atoms with Crippen LogP contribution >= 0.6 is 0 Å². The van der Waals surface area contributed by atoms with Crippen molar-refractivity contribution in [1.82, 2.24) is 0 Å². The van der Waals surface area contributed by atoms with Crippen molar-refractivity contribution in [3.63, 3.8) is 0 Å². The average Bonchev–Trinajstić information content (AvgIpc) is 2.30. The van der Waals surface area contributed by atoms with Gasteiger partial charge in [0.15, 0.2) is 0 Å². The number of hydrogen-bond acceptors (Lipinski definition) is 3. The third kappa shape index (κ3) is 3.33. The van der Waals surface area contributed by atoms with Gasteiger partial charge in [0, 0.05) is 6.54 Å². The Morgan fingerprint density at radius 1 is 1.29 bits per heavy atom. The minimum absolute atomic E-state index is 0.123. The van der Waals surface area contributed by atoms with E-state index < -0.39 is 0 Å². The molecule has 1 saturated carbocycles. The average molecular weight is 238 g/mol. The molecule has 0 amide bonds. The number of aliphatic hydroxyl groups excluding tert-OH is 1. The third-order valence-corrected chi connectivity index (χ3v) is 3.41. The fourth-order valence-corrected chi connectivity index (χ4v) is 2.30. The zero-order valence-corrected chi connectivity index (χ0v) is 9.82. The number of aliphatic hydroxyl groups is 1. The van der Waals surface area contributed by atoms with Crippen molar-refractivity contribution < 1.29 is 9.50 Å². The lowest BCUT2D eigenvalue weighted by atomic mass is 9.87. The van der Waals surface area contributed by atoms with Crippen LogP contribution < -0.4 is 11.1 Å². The Kier molecular flexibility index (Phi) is 3.84. The third-order valence-electron chi connectivity index (χ3n) is 3.41. The zero-order chi connectivity index (χ0) is 12.3. The Labute approximate surface area is 101 Å². The van der Waals surface area contributed by atoms with Crippen LogP contribution in [0, 0.1) is 11.7 Å². The van der Waals surface area contributed by atoms with E-state index >= 15 is 0 Å². The van der Waals surface area contributed by atoms with Gasteiger partial charge in [-0.25, -0.2) is 4.39 Å². The monoisotopic (exact) mass is 238 g/mol.